The van der Waals surface area contributed by atoms with Crippen LogP contribution < -0.4 is 0 Å². The lowest BCUT2D eigenvalue weighted by Gasteiger charge is -2.29. The predicted octanol–water partition coefficient (Wildman–Crippen LogP) is 9.49. The van der Waals surface area contributed by atoms with Crippen molar-refractivity contribution in [3.63, 3.8) is 0 Å². The molecule has 8 nitrogen and oxygen atoms in total. The Morgan fingerprint density at radius 1 is 0.714 bits per heavy atom. The van der Waals surface area contributed by atoms with Gasteiger partial charge in [0.05, 0.1) is 17.6 Å². The molecule has 5 heterocycles. The zero-order valence-electron chi connectivity index (χ0n) is 28.9. The summed E-state index contributed by atoms with van der Waals surface area (Å²) in [6, 6.07) is 19.1. The van der Waals surface area contributed by atoms with Gasteiger partial charge in [-0.3, -0.25) is 0 Å². The number of fused-ring (bicyclic) bond motifs is 13. The van der Waals surface area contributed by atoms with Crippen LogP contribution in [-0.2, 0) is 18.3 Å². The second kappa shape index (κ2) is 11.5. The van der Waals surface area contributed by atoms with Gasteiger partial charge >= 0.3 is 5.82 Å². The molecule has 2 saturated carbocycles. The summed E-state index contributed by atoms with van der Waals surface area (Å²) in [5, 5.41) is 20.0. The number of rotatable bonds is 4. The van der Waals surface area contributed by atoms with Crippen molar-refractivity contribution in [3.8, 4) is 40.0 Å². The normalized spacial score (nSPS) is 18.2. The maximum Gasteiger partial charge on any atom is 0.303 e. The second-order valence-electron chi connectivity index (χ2n) is 15.9. The molecule has 0 unspecified atom stereocenters. The Balaban J connectivity index is 1.41. The Kier molecular flexibility index (Phi) is 7.33. The van der Waals surface area contributed by atoms with Crippen LogP contribution in [0.2, 0.25) is 0 Å². The molecule has 1 aromatic carbocycles. The van der Waals surface area contributed by atoms with E-state index in [0.29, 0.717) is 28.5 Å². The van der Waals surface area contributed by atoms with Crippen LogP contribution in [0, 0.1) is 28.7 Å². The van der Waals surface area contributed by atoms with Crippen LogP contribution in [0.1, 0.15) is 107 Å². The van der Waals surface area contributed by atoms with Gasteiger partial charge in [0, 0.05) is 22.7 Å². The first kappa shape index (κ1) is 31.2. The molecule has 8 bridgehead atoms. The minimum Gasteiger partial charge on any atom is -0.358 e. The maximum atomic E-state index is 10.3. The van der Waals surface area contributed by atoms with Crippen molar-refractivity contribution in [2.45, 2.75) is 97.3 Å². The lowest BCUT2D eigenvalue weighted by Crippen LogP contribution is -2.26. The van der Waals surface area contributed by atoms with Crippen LogP contribution in [0.25, 0.3) is 38.7 Å². The van der Waals surface area contributed by atoms with Crippen molar-refractivity contribution in [2.24, 2.45) is 10.8 Å². The first-order valence-corrected chi connectivity index (χ1v) is 17.7. The van der Waals surface area contributed by atoms with Crippen molar-refractivity contribution < 1.29 is 0 Å². The van der Waals surface area contributed by atoms with Crippen LogP contribution in [0.15, 0.2) is 60.9 Å². The van der Waals surface area contributed by atoms with E-state index in [1.807, 2.05) is 36.7 Å². The highest BCUT2D eigenvalue weighted by molar-refractivity contribution is 5.89. The quantitative estimate of drug-likeness (QED) is 0.182. The SMILES string of the molecule is [C-]#[N+]c1nn2cc1-c1ccccc1-c1cn(nc1C#N)-c1cc(CC3(C)CCCC3)cc(n1)C(C)(C)c1cc(CC3(C)CCCC3)cc-2n1. The Hall–Kier alpha value is -5.08. The summed E-state index contributed by atoms with van der Waals surface area (Å²) in [5.41, 5.74) is 7.53. The second-order valence-corrected chi connectivity index (χ2v) is 15.9. The molecule has 3 aliphatic rings. The lowest BCUT2D eigenvalue weighted by atomic mass is 9.78. The van der Waals surface area contributed by atoms with Gasteiger partial charge in [0.25, 0.3) is 0 Å². The van der Waals surface area contributed by atoms with E-state index in [1.54, 1.807) is 9.36 Å². The molecule has 0 N–H and O–H groups in total. The average molecular weight is 647 g/mol. The van der Waals surface area contributed by atoms with Crippen molar-refractivity contribution in [2.75, 3.05) is 0 Å². The van der Waals surface area contributed by atoms with Crippen LogP contribution in [0.4, 0.5) is 5.82 Å². The monoisotopic (exact) mass is 646 g/mol. The minimum atomic E-state index is -0.571. The van der Waals surface area contributed by atoms with Crippen molar-refractivity contribution >= 4 is 5.82 Å². The molecule has 2 aliphatic carbocycles. The summed E-state index contributed by atoms with van der Waals surface area (Å²) >= 11 is 0. The third-order valence-corrected chi connectivity index (χ3v) is 11.5. The number of hydrogen-bond donors (Lipinski definition) is 0. The molecular formula is C41H42N8. The van der Waals surface area contributed by atoms with E-state index >= 15 is 0 Å². The molecule has 0 amide bonds. The summed E-state index contributed by atoms with van der Waals surface area (Å²) in [7, 11) is 0. The van der Waals surface area contributed by atoms with Crippen LogP contribution >= 0.6 is 0 Å². The molecule has 0 atom stereocenters. The van der Waals surface area contributed by atoms with Crippen LogP contribution in [0.5, 0.6) is 0 Å². The fourth-order valence-corrected chi connectivity index (χ4v) is 8.63. The molecule has 8 heteroatoms. The Morgan fingerprint density at radius 3 is 1.71 bits per heavy atom. The number of hydrogen-bond acceptors (Lipinski definition) is 5. The van der Waals surface area contributed by atoms with Gasteiger partial charge in [-0.2, -0.15) is 10.4 Å². The van der Waals surface area contributed by atoms with E-state index in [0.717, 1.165) is 35.4 Å². The van der Waals surface area contributed by atoms with E-state index in [4.69, 9.17) is 26.7 Å². The summed E-state index contributed by atoms with van der Waals surface area (Å²) < 4.78 is 3.53. The molecule has 246 valence electrons. The Labute approximate surface area is 288 Å². The third-order valence-electron chi connectivity index (χ3n) is 11.5. The molecule has 5 aromatic rings. The van der Waals surface area contributed by atoms with Gasteiger partial charge < -0.3 is 4.85 Å². The topological polar surface area (TPSA) is 89.6 Å². The van der Waals surface area contributed by atoms with E-state index < -0.39 is 5.41 Å². The largest absolute Gasteiger partial charge is 0.358 e. The smallest absolute Gasteiger partial charge is 0.303 e. The highest BCUT2D eigenvalue weighted by Crippen LogP contribution is 2.44. The molecule has 0 spiro atoms. The third kappa shape index (κ3) is 5.54. The lowest BCUT2D eigenvalue weighted by molar-refractivity contribution is 0.334. The highest BCUT2D eigenvalue weighted by Gasteiger charge is 2.34. The van der Waals surface area contributed by atoms with Crippen molar-refractivity contribution in [1.29, 1.82) is 5.26 Å². The summed E-state index contributed by atoms with van der Waals surface area (Å²) in [5.74, 6) is 1.68. The molecule has 4 aromatic heterocycles. The van der Waals surface area contributed by atoms with Crippen molar-refractivity contribution in [3.05, 3.63) is 101 Å². The maximum absolute atomic E-state index is 10.3. The summed E-state index contributed by atoms with van der Waals surface area (Å²) in [6.45, 7) is 17.3. The molecule has 8 rings (SSSR count). The molecule has 0 saturated heterocycles. The standard InChI is InChI=1S/C41H42N8/c1-39(2)34-18-27(22-40(3)14-8-9-15-40)20-36(44-34)48-25-31(33(24-42)46-48)29-12-6-7-13-30(29)32-26-49(47-38(32)43-5)37-21-28(19-35(39)45-37)23-41(4)16-10-11-17-41/h6-7,12-13,18-21,25-26H,8-11,14-17,22-23H2,1-4H3. The molecule has 1 aliphatic heterocycles. The highest BCUT2D eigenvalue weighted by atomic mass is 15.3. The van der Waals surface area contributed by atoms with Crippen molar-refractivity contribution in [1.82, 2.24) is 29.5 Å². The Bertz CT molecular complexity index is 2020. The number of aromatic nitrogens is 6. The Morgan fingerprint density at radius 2 is 1.20 bits per heavy atom. The fourth-order valence-electron chi connectivity index (χ4n) is 8.63. The van der Waals surface area contributed by atoms with Gasteiger partial charge in [0.1, 0.15) is 6.07 Å². The van der Waals surface area contributed by atoms with Gasteiger partial charge in [-0.1, -0.05) is 70.4 Å². The van der Waals surface area contributed by atoms with Gasteiger partial charge in [-0.05, 0) is 115 Å². The van der Waals surface area contributed by atoms with E-state index in [9.17, 15) is 5.26 Å². The van der Waals surface area contributed by atoms with E-state index in [2.05, 4.69) is 62.9 Å². The van der Waals surface area contributed by atoms with Crippen LogP contribution in [0.3, 0.4) is 0 Å². The summed E-state index contributed by atoms with van der Waals surface area (Å²) in [4.78, 5) is 14.5. The number of benzene rings is 1. The number of pyridine rings is 2. The fraction of sp³-hybridized carbons (Fsp3) is 0.415. The number of nitrogens with zero attached hydrogens (tertiary/aromatic N) is 8. The van der Waals surface area contributed by atoms with Crippen LogP contribution in [-0.4, -0.2) is 29.5 Å². The first-order chi connectivity index (χ1) is 23.6. The number of nitriles is 1. The zero-order valence-corrected chi connectivity index (χ0v) is 28.9. The molecule has 0 radical (unpaired) electrons. The molecular weight excluding hydrogens is 605 g/mol. The van der Waals surface area contributed by atoms with E-state index in [-0.39, 0.29) is 16.6 Å². The van der Waals surface area contributed by atoms with E-state index in [1.165, 1.54) is 62.5 Å². The first-order valence-electron chi connectivity index (χ1n) is 17.7. The van der Waals surface area contributed by atoms with Gasteiger partial charge in [0.15, 0.2) is 17.3 Å². The molecule has 49 heavy (non-hydrogen) atoms. The zero-order chi connectivity index (χ0) is 34.0. The molecule has 2 fully saturated rings. The average Bonchev–Trinajstić information content (AvgIpc) is 3.91. The van der Waals surface area contributed by atoms with Gasteiger partial charge in [0.2, 0.25) is 0 Å². The summed E-state index contributed by atoms with van der Waals surface area (Å²) in [6.07, 6.45) is 15.7. The van der Waals surface area contributed by atoms with Gasteiger partial charge in [-0.15, -0.1) is 4.68 Å². The van der Waals surface area contributed by atoms with Gasteiger partial charge in [-0.25, -0.2) is 14.6 Å². The minimum absolute atomic E-state index is 0.241. The predicted molar refractivity (Wildman–Crippen MR) is 191 cm³/mol.